The fourth-order valence-corrected chi connectivity index (χ4v) is 2.93. The lowest BCUT2D eigenvalue weighted by Gasteiger charge is -2.17. The van der Waals surface area contributed by atoms with E-state index in [1.807, 2.05) is 0 Å². The van der Waals surface area contributed by atoms with Crippen LogP contribution in [0.2, 0.25) is 0 Å². The molecule has 2 atom stereocenters. The lowest BCUT2D eigenvalue weighted by Crippen LogP contribution is -2.29. The Morgan fingerprint density at radius 1 is 1.10 bits per heavy atom. The fraction of sp³-hybridized carbons (Fsp3) is 0.625. The third-order valence-electron chi connectivity index (χ3n) is 3.58. The molecule has 1 aliphatic rings. The molecule has 0 heterocycles. The molecular weight excluding hydrogens is 290 g/mol. The van der Waals surface area contributed by atoms with Crippen LogP contribution >= 0.6 is 11.6 Å². The van der Waals surface area contributed by atoms with Crippen LogP contribution in [0.15, 0.2) is 24.3 Å². The number of ether oxygens (including phenoxy) is 3. The number of methoxy groups -OCH3 is 1. The van der Waals surface area contributed by atoms with Gasteiger partial charge in [-0.2, -0.15) is 0 Å². The number of alkyl halides is 1. The Morgan fingerprint density at radius 2 is 1.81 bits per heavy atom. The number of rotatable bonds is 10. The van der Waals surface area contributed by atoms with Crippen molar-refractivity contribution in [3.63, 3.8) is 0 Å². The molecule has 5 heteroatoms. The van der Waals surface area contributed by atoms with E-state index in [9.17, 15) is 0 Å². The minimum absolute atomic E-state index is 0.125. The van der Waals surface area contributed by atoms with E-state index in [1.165, 1.54) is 11.1 Å². The predicted octanol–water partition coefficient (Wildman–Crippen LogP) is 2.16. The third kappa shape index (κ3) is 5.24. The normalized spacial score (nSPS) is 20.7. The molecular formula is C16H24ClNO3. The molecule has 118 valence electrons. The van der Waals surface area contributed by atoms with Gasteiger partial charge in [0.1, 0.15) is 0 Å². The Balaban J connectivity index is 1.57. The second-order valence-electron chi connectivity index (χ2n) is 5.07. The molecule has 1 aromatic carbocycles. The Labute approximate surface area is 131 Å². The van der Waals surface area contributed by atoms with Gasteiger partial charge in [-0.1, -0.05) is 24.3 Å². The Bertz CT molecular complexity index is 416. The lowest BCUT2D eigenvalue weighted by molar-refractivity contribution is 0.0252. The first-order valence-corrected chi connectivity index (χ1v) is 7.86. The van der Waals surface area contributed by atoms with Gasteiger partial charge in [-0.05, 0) is 17.5 Å². The van der Waals surface area contributed by atoms with Crippen LogP contribution in [0.1, 0.15) is 17.2 Å². The second kappa shape index (κ2) is 9.38. The summed E-state index contributed by atoms with van der Waals surface area (Å²) in [7, 11) is 1.66. The number of hydrogen-bond donors (Lipinski definition) is 1. The van der Waals surface area contributed by atoms with Gasteiger partial charge >= 0.3 is 0 Å². The maximum Gasteiger partial charge on any atom is 0.0701 e. The van der Waals surface area contributed by atoms with E-state index in [0.29, 0.717) is 33.0 Å². The molecule has 0 saturated heterocycles. The Hall–Kier alpha value is -0.650. The zero-order valence-electron chi connectivity index (χ0n) is 12.5. The van der Waals surface area contributed by atoms with Crippen LogP contribution < -0.4 is 5.32 Å². The maximum absolute atomic E-state index is 6.42. The van der Waals surface area contributed by atoms with Crippen molar-refractivity contribution < 1.29 is 14.2 Å². The molecule has 2 unspecified atom stereocenters. The summed E-state index contributed by atoms with van der Waals surface area (Å²) in [6, 6.07) is 8.66. The first-order valence-electron chi connectivity index (χ1n) is 7.42. The maximum atomic E-state index is 6.42. The predicted molar refractivity (Wildman–Crippen MR) is 84.0 cm³/mol. The highest BCUT2D eigenvalue weighted by molar-refractivity contribution is 6.21. The number of hydrogen-bond acceptors (Lipinski definition) is 4. The van der Waals surface area contributed by atoms with Crippen LogP contribution in [0.4, 0.5) is 0 Å². The van der Waals surface area contributed by atoms with Crippen molar-refractivity contribution in [1.29, 1.82) is 0 Å². The van der Waals surface area contributed by atoms with Gasteiger partial charge < -0.3 is 19.5 Å². The standard InChI is InChI=1S/C16H24ClNO3/c1-19-8-9-21-11-10-20-7-6-18-16-14-5-3-2-4-13(14)12-15(16)17/h2-5,15-16,18H,6-12H2,1H3. The van der Waals surface area contributed by atoms with Crippen LogP contribution in [0.3, 0.4) is 0 Å². The van der Waals surface area contributed by atoms with Crippen LogP contribution in [0, 0.1) is 0 Å². The number of fused-ring (bicyclic) bond motifs is 1. The van der Waals surface area contributed by atoms with Gasteiger partial charge in [0.15, 0.2) is 0 Å². The molecule has 0 radical (unpaired) electrons. The summed E-state index contributed by atoms with van der Waals surface area (Å²) in [5.74, 6) is 0. The monoisotopic (exact) mass is 313 g/mol. The first-order chi connectivity index (χ1) is 10.3. The highest BCUT2D eigenvalue weighted by atomic mass is 35.5. The van der Waals surface area contributed by atoms with E-state index in [-0.39, 0.29) is 11.4 Å². The SMILES string of the molecule is COCCOCCOCCNC1c2ccccc2CC1Cl. The summed E-state index contributed by atoms with van der Waals surface area (Å²) in [5.41, 5.74) is 2.67. The van der Waals surface area contributed by atoms with Gasteiger partial charge in [0.2, 0.25) is 0 Å². The highest BCUT2D eigenvalue weighted by Crippen LogP contribution is 2.34. The molecule has 0 amide bonds. The van der Waals surface area contributed by atoms with Crippen molar-refractivity contribution in [2.24, 2.45) is 0 Å². The van der Waals surface area contributed by atoms with Gasteiger partial charge in [0.05, 0.1) is 38.4 Å². The molecule has 0 aliphatic heterocycles. The molecule has 0 saturated carbocycles. The zero-order chi connectivity index (χ0) is 14.9. The molecule has 0 bridgehead atoms. The minimum atomic E-state index is 0.125. The summed E-state index contributed by atoms with van der Waals surface area (Å²) < 4.78 is 15.7. The highest BCUT2D eigenvalue weighted by Gasteiger charge is 2.29. The minimum Gasteiger partial charge on any atom is -0.382 e. The fourth-order valence-electron chi connectivity index (χ4n) is 2.53. The molecule has 1 N–H and O–H groups in total. The van der Waals surface area contributed by atoms with Crippen molar-refractivity contribution >= 4 is 11.6 Å². The Morgan fingerprint density at radius 3 is 2.62 bits per heavy atom. The van der Waals surface area contributed by atoms with Gasteiger partial charge in [0, 0.05) is 19.7 Å². The van der Waals surface area contributed by atoms with Gasteiger partial charge in [0.25, 0.3) is 0 Å². The third-order valence-corrected chi connectivity index (χ3v) is 3.99. The largest absolute Gasteiger partial charge is 0.382 e. The molecule has 0 fully saturated rings. The van der Waals surface area contributed by atoms with E-state index in [0.717, 1.165) is 13.0 Å². The lowest BCUT2D eigenvalue weighted by atomic mass is 10.1. The molecule has 2 rings (SSSR count). The van der Waals surface area contributed by atoms with Crippen molar-refractivity contribution in [1.82, 2.24) is 5.32 Å². The molecule has 21 heavy (non-hydrogen) atoms. The van der Waals surface area contributed by atoms with E-state index < -0.39 is 0 Å². The van der Waals surface area contributed by atoms with E-state index in [2.05, 4.69) is 29.6 Å². The van der Waals surface area contributed by atoms with Crippen molar-refractivity contribution in [2.45, 2.75) is 17.8 Å². The van der Waals surface area contributed by atoms with Gasteiger partial charge in [-0.25, -0.2) is 0 Å². The summed E-state index contributed by atoms with van der Waals surface area (Å²) in [6.45, 7) is 3.91. The summed E-state index contributed by atoms with van der Waals surface area (Å²) >= 11 is 6.42. The summed E-state index contributed by atoms with van der Waals surface area (Å²) in [5, 5.41) is 3.61. The van der Waals surface area contributed by atoms with E-state index in [1.54, 1.807) is 7.11 Å². The summed E-state index contributed by atoms with van der Waals surface area (Å²) in [6.07, 6.45) is 0.934. The van der Waals surface area contributed by atoms with Crippen LogP contribution in [-0.4, -0.2) is 52.1 Å². The molecule has 1 aromatic rings. The Kier molecular flexibility index (Phi) is 7.47. The molecule has 0 spiro atoms. The van der Waals surface area contributed by atoms with Gasteiger partial charge in [-0.15, -0.1) is 11.6 Å². The zero-order valence-corrected chi connectivity index (χ0v) is 13.3. The van der Waals surface area contributed by atoms with Crippen LogP contribution in [-0.2, 0) is 20.6 Å². The second-order valence-corrected chi connectivity index (χ2v) is 5.63. The number of nitrogens with one attached hydrogen (secondary N) is 1. The number of benzene rings is 1. The van der Waals surface area contributed by atoms with Crippen molar-refractivity contribution in [3.05, 3.63) is 35.4 Å². The summed E-state index contributed by atoms with van der Waals surface area (Å²) in [4.78, 5) is 0. The topological polar surface area (TPSA) is 39.7 Å². The number of halogens is 1. The molecule has 0 aromatic heterocycles. The first kappa shape index (κ1) is 16.7. The quantitative estimate of drug-likeness (QED) is 0.531. The van der Waals surface area contributed by atoms with Crippen LogP contribution in [0.25, 0.3) is 0 Å². The smallest absolute Gasteiger partial charge is 0.0701 e. The van der Waals surface area contributed by atoms with Crippen molar-refractivity contribution in [2.75, 3.05) is 46.7 Å². The molecule has 1 aliphatic carbocycles. The average Bonchev–Trinajstić information content (AvgIpc) is 2.81. The van der Waals surface area contributed by atoms with E-state index in [4.69, 9.17) is 25.8 Å². The van der Waals surface area contributed by atoms with E-state index >= 15 is 0 Å². The average molecular weight is 314 g/mol. The van der Waals surface area contributed by atoms with Crippen molar-refractivity contribution in [3.8, 4) is 0 Å². The van der Waals surface area contributed by atoms with Gasteiger partial charge in [-0.3, -0.25) is 0 Å². The molecule has 4 nitrogen and oxygen atoms in total. The van der Waals surface area contributed by atoms with Crippen LogP contribution in [0.5, 0.6) is 0 Å².